The Balaban J connectivity index is 2.23. The van der Waals surface area contributed by atoms with Crippen molar-refractivity contribution in [2.75, 3.05) is 37.8 Å². The molecule has 7 nitrogen and oxygen atoms in total. The summed E-state index contributed by atoms with van der Waals surface area (Å²) in [5, 5.41) is 26.5. The molecule has 1 aliphatic carbocycles. The molecule has 1 aliphatic rings. The van der Waals surface area contributed by atoms with Crippen LogP contribution in [0.3, 0.4) is 0 Å². The van der Waals surface area contributed by atoms with Gasteiger partial charge in [-0.1, -0.05) is 19.8 Å². The number of hydrogen-bond acceptors (Lipinski definition) is 7. The lowest BCUT2D eigenvalue weighted by atomic mass is 10.1. The Labute approximate surface area is 172 Å². The van der Waals surface area contributed by atoms with E-state index in [4.69, 9.17) is 15.9 Å². The van der Waals surface area contributed by atoms with Gasteiger partial charge in [0.2, 0.25) is 0 Å². The van der Waals surface area contributed by atoms with Crippen molar-refractivity contribution < 1.29 is 14.9 Å². The van der Waals surface area contributed by atoms with E-state index >= 15 is 0 Å². The van der Waals surface area contributed by atoms with Crippen LogP contribution in [0.25, 0.3) is 0 Å². The Morgan fingerprint density at radius 3 is 2.48 bits per heavy atom. The second-order valence-electron chi connectivity index (χ2n) is 6.98. The molecule has 1 aromatic rings. The lowest BCUT2D eigenvalue weighted by Crippen LogP contribution is -2.29. The van der Waals surface area contributed by atoms with Gasteiger partial charge >= 0.3 is 0 Å². The smallest absolute Gasteiger partial charge is 0.146 e. The van der Waals surface area contributed by atoms with Crippen molar-refractivity contribution in [3.63, 3.8) is 0 Å². The number of rotatable bonds is 11. The van der Waals surface area contributed by atoms with Crippen LogP contribution in [-0.2, 0) is 4.74 Å². The van der Waals surface area contributed by atoms with Crippen LogP contribution in [-0.4, -0.2) is 54.5 Å². The van der Waals surface area contributed by atoms with Crippen LogP contribution >= 0.6 is 0 Å². The van der Waals surface area contributed by atoms with Gasteiger partial charge in [0.05, 0.1) is 42.6 Å². The van der Waals surface area contributed by atoms with E-state index in [1.54, 1.807) is 12.2 Å². The third-order valence-corrected chi connectivity index (χ3v) is 4.66. The quantitative estimate of drug-likeness (QED) is 0.337. The van der Waals surface area contributed by atoms with Crippen molar-refractivity contribution in [2.45, 2.75) is 33.1 Å². The van der Waals surface area contributed by atoms with E-state index in [0.29, 0.717) is 36.9 Å². The van der Waals surface area contributed by atoms with Crippen LogP contribution in [0.4, 0.5) is 11.4 Å². The molecule has 158 valence electrons. The van der Waals surface area contributed by atoms with Crippen LogP contribution in [0.15, 0.2) is 46.8 Å². The van der Waals surface area contributed by atoms with E-state index in [2.05, 4.69) is 11.9 Å². The third-order valence-electron chi connectivity index (χ3n) is 4.66. The second kappa shape index (κ2) is 11.4. The summed E-state index contributed by atoms with van der Waals surface area (Å²) >= 11 is 0. The number of benzene rings is 1. The van der Waals surface area contributed by atoms with Crippen molar-refractivity contribution in [3.8, 4) is 0 Å². The Morgan fingerprint density at radius 1 is 1.14 bits per heavy atom. The lowest BCUT2D eigenvalue weighted by molar-refractivity contribution is 0.224. The molecule has 0 saturated carbocycles. The molecule has 0 heterocycles. The van der Waals surface area contributed by atoms with E-state index < -0.39 is 0 Å². The summed E-state index contributed by atoms with van der Waals surface area (Å²) in [6.07, 6.45) is 6.45. The highest BCUT2D eigenvalue weighted by Gasteiger charge is 2.16. The molecule has 29 heavy (non-hydrogen) atoms. The molecule has 0 atom stereocenters. The maximum absolute atomic E-state index is 9.23. The molecular formula is C22H32N4O3. The number of unbranched alkanes of at least 4 members (excludes halogenated alkanes) is 2. The molecule has 0 saturated heterocycles. The first kappa shape index (κ1) is 22.6. The highest BCUT2D eigenvalue weighted by atomic mass is 16.5. The van der Waals surface area contributed by atoms with Gasteiger partial charge in [-0.05, 0) is 43.2 Å². The first-order valence-corrected chi connectivity index (χ1v) is 10.1. The molecule has 2 rings (SSSR count). The maximum atomic E-state index is 9.23. The summed E-state index contributed by atoms with van der Waals surface area (Å²) in [4.78, 5) is 6.59. The van der Waals surface area contributed by atoms with Gasteiger partial charge in [0, 0.05) is 24.9 Å². The van der Waals surface area contributed by atoms with Crippen molar-refractivity contribution in [3.05, 3.63) is 47.4 Å². The van der Waals surface area contributed by atoms with Gasteiger partial charge in [-0.2, -0.15) is 0 Å². The number of aliphatic hydroxyl groups excluding tert-OH is 2. The van der Waals surface area contributed by atoms with Gasteiger partial charge < -0.3 is 25.6 Å². The molecule has 5 N–H and O–H groups in total. The van der Waals surface area contributed by atoms with E-state index in [-0.39, 0.29) is 18.9 Å². The van der Waals surface area contributed by atoms with Crippen LogP contribution < -0.4 is 10.6 Å². The SMILES string of the molecule is CCCCCOC1=CC(=Nc2ccc(N(CCO)CCO)cc2C)C(N)=CC1=N. The van der Waals surface area contributed by atoms with Crippen LogP contribution in [0.2, 0.25) is 0 Å². The van der Waals surface area contributed by atoms with E-state index in [0.717, 1.165) is 36.2 Å². The molecular weight excluding hydrogens is 368 g/mol. The number of nitrogens with two attached hydrogens (primary N) is 1. The first-order valence-electron chi connectivity index (χ1n) is 10.1. The predicted octanol–water partition coefficient (Wildman–Crippen LogP) is 2.83. The molecule has 0 aromatic heterocycles. The molecule has 0 aliphatic heterocycles. The summed E-state index contributed by atoms with van der Waals surface area (Å²) in [6, 6.07) is 5.78. The number of hydrogen-bond donors (Lipinski definition) is 4. The summed E-state index contributed by atoms with van der Waals surface area (Å²) in [6.45, 7) is 5.60. The lowest BCUT2D eigenvalue weighted by Gasteiger charge is -2.23. The molecule has 0 bridgehead atoms. The number of ether oxygens (including phenoxy) is 1. The number of nitrogens with one attached hydrogen (secondary N) is 1. The summed E-state index contributed by atoms with van der Waals surface area (Å²) in [5.41, 5.74) is 9.98. The molecule has 0 fully saturated rings. The molecule has 0 amide bonds. The third kappa shape index (κ3) is 6.44. The summed E-state index contributed by atoms with van der Waals surface area (Å²) < 4.78 is 5.75. The van der Waals surface area contributed by atoms with E-state index in [9.17, 15) is 10.2 Å². The zero-order valence-electron chi connectivity index (χ0n) is 17.3. The predicted molar refractivity (Wildman–Crippen MR) is 118 cm³/mol. The van der Waals surface area contributed by atoms with Crippen LogP contribution in [0, 0.1) is 12.3 Å². The fourth-order valence-electron chi connectivity index (χ4n) is 3.04. The minimum Gasteiger partial charge on any atom is -0.491 e. The normalized spacial score (nSPS) is 15.3. The summed E-state index contributed by atoms with van der Waals surface area (Å²) in [5.74, 6) is 0.486. The zero-order chi connectivity index (χ0) is 21.2. The van der Waals surface area contributed by atoms with E-state index in [1.165, 1.54) is 0 Å². The van der Waals surface area contributed by atoms with Crippen LogP contribution in [0.1, 0.15) is 31.7 Å². The zero-order valence-corrected chi connectivity index (χ0v) is 17.3. The Morgan fingerprint density at radius 2 is 1.86 bits per heavy atom. The fraction of sp³-hybridized carbons (Fsp3) is 0.455. The van der Waals surface area contributed by atoms with Gasteiger partial charge in [-0.25, -0.2) is 4.99 Å². The number of nitrogens with zero attached hydrogens (tertiary/aromatic N) is 2. The minimum absolute atomic E-state index is 0.0161. The number of aliphatic imine (C=N–C) groups is 1. The molecule has 1 aromatic carbocycles. The number of anilines is 1. The topological polar surface area (TPSA) is 115 Å². The Hall–Kier alpha value is -2.64. The number of aliphatic hydroxyl groups is 2. The van der Waals surface area contributed by atoms with Gasteiger partial charge in [-0.15, -0.1) is 0 Å². The van der Waals surface area contributed by atoms with Gasteiger partial charge in [-0.3, -0.25) is 5.41 Å². The Bertz CT molecular complexity index is 793. The van der Waals surface area contributed by atoms with E-state index in [1.807, 2.05) is 30.0 Å². The van der Waals surface area contributed by atoms with Crippen molar-refractivity contribution in [1.82, 2.24) is 0 Å². The highest BCUT2D eigenvalue weighted by Crippen LogP contribution is 2.26. The second-order valence-corrected chi connectivity index (χ2v) is 6.98. The minimum atomic E-state index is 0.0161. The standard InChI is InChI=1S/C22H32N4O3/c1-3-4-5-12-29-22-15-21(18(23)14-19(22)24)25-20-7-6-17(13-16(20)2)26(8-10-27)9-11-28/h6-7,13-15,24,27-28H,3-5,8-12,23H2,1-2H3. The molecule has 0 radical (unpaired) electrons. The van der Waals surface area contributed by atoms with Gasteiger partial charge in [0.25, 0.3) is 0 Å². The fourth-order valence-corrected chi connectivity index (χ4v) is 3.04. The van der Waals surface area contributed by atoms with Crippen molar-refractivity contribution in [1.29, 1.82) is 5.41 Å². The monoisotopic (exact) mass is 400 g/mol. The molecule has 7 heteroatoms. The van der Waals surface area contributed by atoms with Crippen LogP contribution in [0.5, 0.6) is 0 Å². The maximum Gasteiger partial charge on any atom is 0.146 e. The molecule has 0 spiro atoms. The largest absolute Gasteiger partial charge is 0.491 e. The highest BCUT2D eigenvalue weighted by molar-refractivity contribution is 6.22. The van der Waals surface area contributed by atoms with Crippen molar-refractivity contribution in [2.24, 2.45) is 10.7 Å². The number of allylic oxidation sites excluding steroid dienone is 2. The first-order chi connectivity index (χ1) is 14.0. The molecule has 0 unspecified atom stereocenters. The van der Waals surface area contributed by atoms with Crippen molar-refractivity contribution >= 4 is 22.8 Å². The average Bonchev–Trinajstić information content (AvgIpc) is 2.69. The average molecular weight is 401 g/mol. The summed E-state index contributed by atoms with van der Waals surface area (Å²) in [7, 11) is 0. The van der Waals surface area contributed by atoms with Gasteiger partial charge in [0.15, 0.2) is 0 Å². The number of aryl methyl sites for hydroxylation is 1. The Kier molecular flexibility index (Phi) is 8.89. The van der Waals surface area contributed by atoms with Gasteiger partial charge in [0.1, 0.15) is 5.76 Å².